The Morgan fingerprint density at radius 3 is 2.76 bits per heavy atom. The van der Waals surface area contributed by atoms with Crippen LogP contribution in [0.25, 0.3) is 10.9 Å². The zero-order valence-electron chi connectivity index (χ0n) is 19.8. The Morgan fingerprint density at radius 1 is 1.15 bits per heavy atom. The fourth-order valence-corrected chi connectivity index (χ4v) is 5.17. The van der Waals surface area contributed by atoms with E-state index in [1.54, 1.807) is 13.2 Å². The number of carbonyl (C=O) groups is 1. The molecule has 1 aliphatic heterocycles. The van der Waals surface area contributed by atoms with Crippen LogP contribution < -0.4 is 4.74 Å². The van der Waals surface area contributed by atoms with Gasteiger partial charge in [-0.3, -0.25) is 9.78 Å². The molecule has 3 aromatic rings. The summed E-state index contributed by atoms with van der Waals surface area (Å²) in [6.45, 7) is 2.28. The maximum atomic E-state index is 13.8. The molecule has 1 N–H and O–H groups in total. The number of piperidine rings is 1. The standard InChI is InChI=1S/C28H33FN2O3/c1-34-23-11-12-27-24(18-23)20(13-15-30-27)7-4-8-21-14-17-31(19-25(21)28(32)33)16-5-9-22-6-2-3-10-26(22)29/h2-3,6,10-13,15,18,21,25H,4-5,7-9,14,16-17,19H2,1H3,(H,32,33)/t21-,25+/m1/s1. The molecule has 2 aromatic carbocycles. The summed E-state index contributed by atoms with van der Waals surface area (Å²) in [7, 11) is 1.66. The summed E-state index contributed by atoms with van der Waals surface area (Å²) in [6, 6.07) is 14.8. The van der Waals surface area contributed by atoms with E-state index in [0.717, 1.165) is 67.4 Å². The van der Waals surface area contributed by atoms with Gasteiger partial charge in [-0.2, -0.15) is 0 Å². The summed E-state index contributed by atoms with van der Waals surface area (Å²) in [5.74, 6) is -0.220. The molecule has 2 atom stereocenters. The van der Waals surface area contributed by atoms with Crippen LogP contribution in [-0.2, 0) is 17.6 Å². The predicted octanol–water partition coefficient (Wildman–Crippen LogP) is 5.36. The molecule has 0 bridgehead atoms. The number of carboxylic acids is 1. The molecule has 6 heteroatoms. The summed E-state index contributed by atoms with van der Waals surface area (Å²) >= 11 is 0. The van der Waals surface area contributed by atoms with E-state index in [1.165, 1.54) is 11.6 Å². The Morgan fingerprint density at radius 2 is 1.97 bits per heavy atom. The maximum absolute atomic E-state index is 13.8. The number of rotatable bonds is 10. The van der Waals surface area contributed by atoms with Crippen LogP contribution in [0.3, 0.4) is 0 Å². The molecule has 2 heterocycles. The minimum atomic E-state index is -0.706. The van der Waals surface area contributed by atoms with Crippen LogP contribution in [-0.4, -0.2) is 47.7 Å². The number of aliphatic carboxylic acids is 1. The molecule has 1 saturated heterocycles. The molecule has 1 aliphatic rings. The first-order valence-corrected chi connectivity index (χ1v) is 12.2. The lowest BCUT2D eigenvalue weighted by Gasteiger charge is -2.36. The molecule has 5 nitrogen and oxygen atoms in total. The first kappa shape index (κ1) is 24.1. The third-order valence-corrected chi connectivity index (χ3v) is 7.10. The largest absolute Gasteiger partial charge is 0.497 e. The number of ether oxygens (including phenoxy) is 1. The molecule has 0 aliphatic carbocycles. The van der Waals surface area contributed by atoms with E-state index in [1.807, 2.05) is 36.5 Å². The number of aryl methyl sites for hydroxylation is 2. The molecule has 1 fully saturated rings. The predicted molar refractivity (Wildman–Crippen MR) is 132 cm³/mol. The molecule has 0 amide bonds. The SMILES string of the molecule is COc1ccc2nccc(CCC[C@@H]3CCN(CCCc4ccccc4F)C[C@@H]3C(=O)O)c2c1. The third kappa shape index (κ3) is 5.92. The number of fused-ring (bicyclic) bond motifs is 1. The number of likely N-dealkylation sites (tertiary alicyclic amines) is 1. The minimum Gasteiger partial charge on any atom is -0.497 e. The molecular formula is C28H33FN2O3. The van der Waals surface area contributed by atoms with Gasteiger partial charge in [0.15, 0.2) is 0 Å². The number of hydrogen-bond acceptors (Lipinski definition) is 4. The van der Waals surface area contributed by atoms with Crippen molar-refractivity contribution in [2.45, 2.75) is 38.5 Å². The molecule has 0 radical (unpaired) electrons. The zero-order chi connectivity index (χ0) is 23.9. The van der Waals surface area contributed by atoms with Gasteiger partial charge in [0, 0.05) is 18.1 Å². The van der Waals surface area contributed by atoms with Gasteiger partial charge < -0.3 is 14.7 Å². The van der Waals surface area contributed by atoms with Crippen molar-refractivity contribution in [2.24, 2.45) is 11.8 Å². The normalized spacial score (nSPS) is 18.8. The Labute approximate surface area is 200 Å². The van der Waals surface area contributed by atoms with Crippen molar-refractivity contribution in [1.29, 1.82) is 0 Å². The van der Waals surface area contributed by atoms with Gasteiger partial charge in [-0.1, -0.05) is 18.2 Å². The van der Waals surface area contributed by atoms with Crippen LogP contribution in [0.15, 0.2) is 54.7 Å². The summed E-state index contributed by atoms with van der Waals surface area (Å²) in [6.07, 6.45) is 6.96. The van der Waals surface area contributed by atoms with E-state index < -0.39 is 5.97 Å². The van der Waals surface area contributed by atoms with Gasteiger partial charge in [0.25, 0.3) is 0 Å². The van der Waals surface area contributed by atoms with Crippen molar-refractivity contribution in [3.63, 3.8) is 0 Å². The van der Waals surface area contributed by atoms with Crippen molar-refractivity contribution < 1.29 is 19.0 Å². The molecule has 0 saturated carbocycles. The molecular weight excluding hydrogens is 431 g/mol. The van der Waals surface area contributed by atoms with Crippen molar-refractivity contribution in [1.82, 2.24) is 9.88 Å². The monoisotopic (exact) mass is 464 g/mol. The second-order valence-electron chi connectivity index (χ2n) is 9.23. The van der Waals surface area contributed by atoms with Gasteiger partial charge in [-0.25, -0.2) is 4.39 Å². The van der Waals surface area contributed by atoms with E-state index in [0.29, 0.717) is 13.0 Å². The quantitative estimate of drug-likeness (QED) is 0.438. The Kier molecular flexibility index (Phi) is 8.12. The number of carboxylic acid groups (broad SMARTS) is 1. The smallest absolute Gasteiger partial charge is 0.308 e. The third-order valence-electron chi connectivity index (χ3n) is 7.10. The Balaban J connectivity index is 1.30. The van der Waals surface area contributed by atoms with E-state index in [9.17, 15) is 14.3 Å². The minimum absolute atomic E-state index is 0.162. The average molecular weight is 465 g/mol. The number of halogens is 1. The highest BCUT2D eigenvalue weighted by molar-refractivity contribution is 5.83. The van der Waals surface area contributed by atoms with E-state index in [4.69, 9.17) is 4.74 Å². The summed E-state index contributed by atoms with van der Waals surface area (Å²) in [5, 5.41) is 11.0. The van der Waals surface area contributed by atoms with E-state index >= 15 is 0 Å². The van der Waals surface area contributed by atoms with Gasteiger partial charge in [0.05, 0.1) is 18.5 Å². The highest BCUT2D eigenvalue weighted by Crippen LogP contribution is 2.30. The first-order chi connectivity index (χ1) is 16.5. The van der Waals surface area contributed by atoms with E-state index in [2.05, 4.69) is 16.0 Å². The Bertz CT molecular complexity index is 1120. The fourth-order valence-electron chi connectivity index (χ4n) is 5.17. The highest BCUT2D eigenvalue weighted by Gasteiger charge is 2.33. The number of nitrogens with zero attached hydrogens (tertiary/aromatic N) is 2. The van der Waals surface area contributed by atoms with E-state index in [-0.39, 0.29) is 17.7 Å². The van der Waals surface area contributed by atoms with Crippen LogP contribution >= 0.6 is 0 Å². The molecule has 4 rings (SSSR count). The van der Waals surface area contributed by atoms with Gasteiger partial charge in [-0.05, 0) is 99.0 Å². The number of hydrogen-bond donors (Lipinski definition) is 1. The number of pyridine rings is 1. The second-order valence-corrected chi connectivity index (χ2v) is 9.23. The number of benzene rings is 2. The summed E-state index contributed by atoms with van der Waals surface area (Å²) < 4.78 is 19.2. The Hall–Kier alpha value is -2.99. The number of methoxy groups -OCH3 is 1. The van der Waals surface area contributed by atoms with Gasteiger partial charge in [0.2, 0.25) is 0 Å². The maximum Gasteiger partial charge on any atom is 0.308 e. The summed E-state index contributed by atoms with van der Waals surface area (Å²) in [4.78, 5) is 18.7. The molecule has 34 heavy (non-hydrogen) atoms. The topological polar surface area (TPSA) is 62.7 Å². The van der Waals surface area contributed by atoms with Crippen LogP contribution in [0.1, 0.15) is 36.8 Å². The van der Waals surface area contributed by atoms with Gasteiger partial charge >= 0.3 is 5.97 Å². The van der Waals surface area contributed by atoms with Crippen molar-refractivity contribution in [2.75, 3.05) is 26.7 Å². The molecule has 0 unspecified atom stereocenters. The lowest BCUT2D eigenvalue weighted by molar-refractivity contribution is -0.146. The average Bonchev–Trinajstić information content (AvgIpc) is 2.85. The molecule has 0 spiro atoms. The van der Waals surface area contributed by atoms with Crippen molar-refractivity contribution >= 4 is 16.9 Å². The molecule has 1 aromatic heterocycles. The van der Waals surface area contributed by atoms with Gasteiger partial charge in [-0.15, -0.1) is 0 Å². The van der Waals surface area contributed by atoms with Crippen LogP contribution in [0.5, 0.6) is 5.75 Å². The highest BCUT2D eigenvalue weighted by atomic mass is 19.1. The van der Waals surface area contributed by atoms with Crippen molar-refractivity contribution in [3.05, 3.63) is 71.7 Å². The van der Waals surface area contributed by atoms with Crippen LogP contribution in [0, 0.1) is 17.7 Å². The summed E-state index contributed by atoms with van der Waals surface area (Å²) in [5.41, 5.74) is 2.90. The fraction of sp³-hybridized carbons (Fsp3) is 0.429. The van der Waals surface area contributed by atoms with Crippen LogP contribution in [0.2, 0.25) is 0 Å². The molecule has 180 valence electrons. The van der Waals surface area contributed by atoms with Crippen LogP contribution in [0.4, 0.5) is 4.39 Å². The van der Waals surface area contributed by atoms with Gasteiger partial charge in [0.1, 0.15) is 11.6 Å². The van der Waals surface area contributed by atoms with Crippen molar-refractivity contribution in [3.8, 4) is 5.75 Å². The second kappa shape index (κ2) is 11.4. The lowest BCUT2D eigenvalue weighted by Crippen LogP contribution is -2.44. The lowest BCUT2D eigenvalue weighted by atomic mass is 9.81. The first-order valence-electron chi connectivity index (χ1n) is 12.2. The number of aromatic nitrogens is 1. The zero-order valence-corrected chi connectivity index (χ0v) is 19.8.